The second-order valence-corrected chi connectivity index (χ2v) is 4.79. The molecule has 0 saturated carbocycles. The predicted octanol–water partition coefficient (Wildman–Crippen LogP) is 1.33. The summed E-state index contributed by atoms with van der Waals surface area (Å²) in [5, 5.41) is 8.72. The van der Waals surface area contributed by atoms with Gasteiger partial charge < -0.3 is 4.74 Å². The van der Waals surface area contributed by atoms with Crippen molar-refractivity contribution in [2.24, 2.45) is 0 Å². The summed E-state index contributed by atoms with van der Waals surface area (Å²) in [6.07, 6.45) is 0.631. The summed E-state index contributed by atoms with van der Waals surface area (Å²) >= 11 is 0. The Kier molecular flexibility index (Phi) is 6.49. The fraction of sp³-hybridized carbons (Fsp3) is 0.923. The van der Waals surface area contributed by atoms with Crippen LogP contribution >= 0.6 is 0 Å². The normalized spacial score (nSPS) is 24.5. The molecule has 0 aromatic carbocycles. The van der Waals surface area contributed by atoms with Crippen molar-refractivity contribution in [1.82, 2.24) is 9.80 Å². The minimum Gasteiger partial charge on any atom is -0.380 e. The number of ether oxygens (including phenoxy) is 1. The van der Waals surface area contributed by atoms with Crippen LogP contribution in [-0.4, -0.2) is 61.3 Å². The number of nitriles is 1. The van der Waals surface area contributed by atoms with E-state index in [0.717, 1.165) is 39.4 Å². The highest BCUT2D eigenvalue weighted by molar-refractivity contribution is 4.86. The number of hydrogen-bond acceptors (Lipinski definition) is 4. The van der Waals surface area contributed by atoms with Crippen LogP contribution in [0.4, 0.5) is 0 Å². The maximum Gasteiger partial charge on any atom is 0.0638 e. The van der Waals surface area contributed by atoms with E-state index in [1.807, 2.05) is 6.92 Å². The molecular weight excluding hydrogens is 214 g/mol. The summed E-state index contributed by atoms with van der Waals surface area (Å²) in [6, 6.07) is 3.20. The maximum absolute atomic E-state index is 8.72. The molecule has 0 radical (unpaired) electrons. The zero-order chi connectivity index (χ0) is 12.7. The number of hydrogen-bond donors (Lipinski definition) is 0. The van der Waals surface area contributed by atoms with Crippen molar-refractivity contribution in [1.29, 1.82) is 5.26 Å². The molecule has 4 nitrogen and oxygen atoms in total. The first kappa shape index (κ1) is 14.4. The third-order valence-electron chi connectivity index (χ3n) is 3.53. The first-order chi connectivity index (χ1) is 8.19. The summed E-state index contributed by atoms with van der Waals surface area (Å²) < 4.78 is 5.40. The molecule has 1 fully saturated rings. The Labute approximate surface area is 105 Å². The fourth-order valence-corrected chi connectivity index (χ4v) is 2.34. The Balaban J connectivity index is 2.31. The first-order valence-corrected chi connectivity index (χ1v) is 6.61. The molecule has 0 amide bonds. The van der Waals surface area contributed by atoms with Crippen LogP contribution in [0.15, 0.2) is 0 Å². The van der Waals surface area contributed by atoms with Gasteiger partial charge in [-0.15, -0.1) is 0 Å². The SMILES string of the molecule is CCOCCN1CCN([C@@H](C)CC#N)C[C@@H]1C. The molecule has 0 N–H and O–H groups in total. The van der Waals surface area contributed by atoms with E-state index in [-0.39, 0.29) is 0 Å². The van der Waals surface area contributed by atoms with Gasteiger partial charge in [0.2, 0.25) is 0 Å². The predicted molar refractivity (Wildman–Crippen MR) is 68.8 cm³/mol. The molecule has 1 aliphatic rings. The van der Waals surface area contributed by atoms with E-state index in [9.17, 15) is 0 Å². The van der Waals surface area contributed by atoms with Gasteiger partial charge in [-0.2, -0.15) is 5.26 Å². The molecule has 98 valence electrons. The molecule has 0 aliphatic carbocycles. The minimum absolute atomic E-state index is 0.386. The average Bonchev–Trinajstić information content (AvgIpc) is 2.31. The lowest BCUT2D eigenvalue weighted by atomic mass is 10.1. The summed E-state index contributed by atoms with van der Waals surface area (Å²) in [5.41, 5.74) is 0. The third kappa shape index (κ3) is 4.63. The van der Waals surface area contributed by atoms with Gasteiger partial charge in [0.25, 0.3) is 0 Å². The molecule has 17 heavy (non-hydrogen) atoms. The standard InChI is InChI=1S/C13H25N3O/c1-4-17-10-9-15-7-8-16(11-13(15)3)12(2)5-6-14/h12-13H,4-5,7-11H2,1-3H3/t12-,13-/m0/s1. The Bertz CT molecular complexity index is 252. The van der Waals surface area contributed by atoms with Gasteiger partial charge in [-0.05, 0) is 20.8 Å². The van der Waals surface area contributed by atoms with Crippen molar-refractivity contribution in [2.45, 2.75) is 39.3 Å². The van der Waals surface area contributed by atoms with Gasteiger partial charge in [-0.25, -0.2) is 0 Å². The molecule has 1 aliphatic heterocycles. The Morgan fingerprint density at radius 2 is 2.24 bits per heavy atom. The van der Waals surface area contributed by atoms with Gasteiger partial charge in [-0.3, -0.25) is 9.80 Å². The lowest BCUT2D eigenvalue weighted by Gasteiger charge is -2.42. The van der Waals surface area contributed by atoms with Crippen molar-refractivity contribution < 1.29 is 4.74 Å². The van der Waals surface area contributed by atoms with Gasteiger partial charge in [0.05, 0.1) is 19.1 Å². The molecule has 0 spiro atoms. The molecule has 0 aromatic heterocycles. The first-order valence-electron chi connectivity index (χ1n) is 6.61. The maximum atomic E-state index is 8.72. The van der Waals surface area contributed by atoms with E-state index in [4.69, 9.17) is 10.00 Å². The third-order valence-corrected chi connectivity index (χ3v) is 3.53. The van der Waals surface area contributed by atoms with Gasteiger partial charge in [0.15, 0.2) is 0 Å². The summed E-state index contributed by atoms with van der Waals surface area (Å²) in [6.45, 7) is 12.3. The van der Waals surface area contributed by atoms with Crippen LogP contribution in [0.3, 0.4) is 0 Å². The van der Waals surface area contributed by atoms with E-state index < -0.39 is 0 Å². The van der Waals surface area contributed by atoms with Gasteiger partial charge in [0, 0.05) is 44.9 Å². The molecule has 0 unspecified atom stereocenters. The van der Waals surface area contributed by atoms with Crippen LogP contribution in [0, 0.1) is 11.3 Å². The Morgan fingerprint density at radius 3 is 2.82 bits per heavy atom. The fourth-order valence-electron chi connectivity index (χ4n) is 2.34. The van der Waals surface area contributed by atoms with E-state index in [1.165, 1.54) is 0 Å². The largest absolute Gasteiger partial charge is 0.380 e. The van der Waals surface area contributed by atoms with Crippen LogP contribution in [0.2, 0.25) is 0 Å². The lowest BCUT2D eigenvalue weighted by Crippen LogP contribution is -2.54. The van der Waals surface area contributed by atoms with Crippen LogP contribution < -0.4 is 0 Å². The molecular formula is C13H25N3O. The van der Waals surface area contributed by atoms with Crippen molar-refractivity contribution in [3.05, 3.63) is 0 Å². The zero-order valence-corrected chi connectivity index (χ0v) is 11.4. The highest BCUT2D eigenvalue weighted by Crippen LogP contribution is 2.13. The molecule has 1 rings (SSSR count). The van der Waals surface area contributed by atoms with Crippen LogP contribution in [0.25, 0.3) is 0 Å². The van der Waals surface area contributed by atoms with Crippen LogP contribution in [-0.2, 0) is 4.74 Å². The Morgan fingerprint density at radius 1 is 1.47 bits per heavy atom. The van der Waals surface area contributed by atoms with Crippen molar-refractivity contribution in [3.8, 4) is 6.07 Å². The van der Waals surface area contributed by atoms with E-state index >= 15 is 0 Å². The quantitative estimate of drug-likeness (QED) is 0.656. The van der Waals surface area contributed by atoms with Crippen molar-refractivity contribution >= 4 is 0 Å². The van der Waals surface area contributed by atoms with Crippen molar-refractivity contribution in [2.75, 3.05) is 39.4 Å². The smallest absolute Gasteiger partial charge is 0.0638 e. The number of nitrogens with zero attached hydrogens (tertiary/aromatic N) is 3. The monoisotopic (exact) mass is 239 g/mol. The van der Waals surface area contributed by atoms with E-state index in [1.54, 1.807) is 0 Å². The zero-order valence-electron chi connectivity index (χ0n) is 11.4. The lowest BCUT2D eigenvalue weighted by molar-refractivity contribution is 0.0360. The summed E-state index contributed by atoms with van der Waals surface area (Å²) in [5.74, 6) is 0. The van der Waals surface area contributed by atoms with E-state index in [0.29, 0.717) is 18.5 Å². The highest BCUT2D eigenvalue weighted by Gasteiger charge is 2.25. The van der Waals surface area contributed by atoms with E-state index in [2.05, 4.69) is 29.7 Å². The van der Waals surface area contributed by atoms with Crippen LogP contribution in [0.5, 0.6) is 0 Å². The van der Waals surface area contributed by atoms with Crippen LogP contribution in [0.1, 0.15) is 27.2 Å². The Hall–Kier alpha value is -0.630. The highest BCUT2D eigenvalue weighted by atomic mass is 16.5. The molecule has 1 heterocycles. The summed E-state index contributed by atoms with van der Waals surface area (Å²) in [7, 11) is 0. The molecule has 0 bridgehead atoms. The second kappa shape index (κ2) is 7.65. The summed E-state index contributed by atoms with van der Waals surface area (Å²) in [4.78, 5) is 4.90. The number of rotatable bonds is 6. The average molecular weight is 239 g/mol. The van der Waals surface area contributed by atoms with Gasteiger partial charge in [-0.1, -0.05) is 0 Å². The van der Waals surface area contributed by atoms with Gasteiger partial charge >= 0.3 is 0 Å². The minimum atomic E-state index is 0.386. The molecule has 2 atom stereocenters. The molecule has 4 heteroatoms. The van der Waals surface area contributed by atoms with Gasteiger partial charge in [0.1, 0.15) is 0 Å². The van der Waals surface area contributed by atoms with Crippen molar-refractivity contribution in [3.63, 3.8) is 0 Å². The molecule has 1 saturated heterocycles. The number of piperazine rings is 1. The topological polar surface area (TPSA) is 39.5 Å². The second-order valence-electron chi connectivity index (χ2n) is 4.79. The molecule has 0 aromatic rings.